The normalized spacial score (nSPS) is 11.2. The summed E-state index contributed by atoms with van der Waals surface area (Å²) in [6.07, 6.45) is 0.824. The van der Waals surface area contributed by atoms with Gasteiger partial charge in [-0.05, 0) is 19.1 Å². The van der Waals surface area contributed by atoms with Crippen molar-refractivity contribution in [3.8, 4) is 23.0 Å². The molecular formula is C27H30F2N2O7. The molecule has 38 heavy (non-hydrogen) atoms. The first-order valence-electron chi connectivity index (χ1n) is 11.5. The van der Waals surface area contributed by atoms with Gasteiger partial charge >= 0.3 is 5.97 Å². The van der Waals surface area contributed by atoms with Gasteiger partial charge in [-0.2, -0.15) is 0 Å². The third-order valence-corrected chi connectivity index (χ3v) is 5.49. The second kappa shape index (κ2) is 13.8. The first-order chi connectivity index (χ1) is 18.1. The maximum absolute atomic E-state index is 14.2. The molecule has 0 aliphatic heterocycles. The number of nitrogens with two attached hydrogens (primary N) is 1. The molecule has 1 atom stereocenters. The molecule has 1 amide bonds. The Labute approximate surface area is 219 Å². The number of hydrogen-bond acceptors (Lipinski definition) is 8. The Morgan fingerprint density at radius 2 is 1.47 bits per heavy atom. The number of esters is 1. The van der Waals surface area contributed by atoms with E-state index in [4.69, 9.17) is 24.7 Å². The highest BCUT2D eigenvalue weighted by molar-refractivity contribution is 5.94. The molecule has 3 aromatic rings. The number of pyridine rings is 1. The van der Waals surface area contributed by atoms with Crippen molar-refractivity contribution >= 4 is 11.9 Å². The zero-order valence-corrected chi connectivity index (χ0v) is 21.7. The molecule has 204 valence electrons. The topological polar surface area (TPSA) is 130 Å². The summed E-state index contributed by atoms with van der Waals surface area (Å²) in [4.78, 5) is 26.0. The highest BCUT2D eigenvalue weighted by Gasteiger charge is 2.31. The Morgan fingerprint density at radius 1 is 0.947 bits per heavy atom. The average Bonchev–Trinajstić information content (AvgIpc) is 2.89. The van der Waals surface area contributed by atoms with Gasteiger partial charge in [-0.15, -0.1) is 0 Å². The standard InChI is InChI=1S/C20H22F2O4.C7H8N2O3/c1-5-17(23)26-12(2)18(13-8-6-10-15(21)19(13)24-3)14-9-7-11-16(22)20(14)25-4;1-12-4-2-3-9-5(6(4)10)7(8)11/h6-12,18H,5H2,1-4H3;2-3,10H,1H3,(H2,8,11). The second-order valence-electron chi connectivity index (χ2n) is 7.83. The van der Waals surface area contributed by atoms with Gasteiger partial charge in [0.1, 0.15) is 6.10 Å². The smallest absolute Gasteiger partial charge is 0.305 e. The largest absolute Gasteiger partial charge is 0.503 e. The van der Waals surface area contributed by atoms with Crippen LogP contribution in [-0.2, 0) is 9.53 Å². The number of benzene rings is 2. The highest BCUT2D eigenvalue weighted by atomic mass is 19.1. The van der Waals surface area contributed by atoms with Crippen LogP contribution < -0.4 is 19.9 Å². The number of carbonyl (C=O) groups excluding carboxylic acids is 2. The summed E-state index contributed by atoms with van der Waals surface area (Å²) >= 11 is 0. The van der Waals surface area contributed by atoms with Gasteiger partial charge < -0.3 is 29.8 Å². The molecule has 0 fully saturated rings. The fourth-order valence-corrected chi connectivity index (χ4v) is 3.78. The molecule has 1 heterocycles. The molecule has 0 aliphatic rings. The van der Waals surface area contributed by atoms with Crippen LogP contribution in [0.15, 0.2) is 48.7 Å². The Balaban J connectivity index is 0.000000352. The van der Waals surface area contributed by atoms with Crippen LogP contribution in [0.1, 0.15) is 47.8 Å². The fraction of sp³-hybridized carbons (Fsp3) is 0.296. The van der Waals surface area contributed by atoms with Crippen LogP contribution in [0.3, 0.4) is 0 Å². The van der Waals surface area contributed by atoms with E-state index in [0.717, 1.165) is 0 Å². The number of ether oxygens (including phenoxy) is 4. The van der Waals surface area contributed by atoms with E-state index < -0.39 is 35.5 Å². The summed E-state index contributed by atoms with van der Waals surface area (Å²) in [6.45, 7) is 3.35. The molecule has 1 aromatic heterocycles. The lowest BCUT2D eigenvalue weighted by Gasteiger charge is -2.27. The lowest BCUT2D eigenvalue weighted by atomic mass is 9.85. The Hall–Kier alpha value is -4.41. The molecule has 11 heteroatoms. The quantitative estimate of drug-likeness (QED) is 0.389. The van der Waals surface area contributed by atoms with E-state index in [0.29, 0.717) is 11.1 Å². The predicted octanol–water partition coefficient (Wildman–Crippen LogP) is 4.35. The van der Waals surface area contributed by atoms with E-state index >= 15 is 0 Å². The van der Waals surface area contributed by atoms with Crippen LogP contribution in [0.25, 0.3) is 0 Å². The van der Waals surface area contributed by atoms with Crippen molar-refractivity contribution in [3.63, 3.8) is 0 Å². The van der Waals surface area contributed by atoms with E-state index in [-0.39, 0.29) is 35.1 Å². The number of hydrogen-bond donors (Lipinski definition) is 2. The van der Waals surface area contributed by atoms with Gasteiger partial charge in [0, 0.05) is 29.8 Å². The summed E-state index contributed by atoms with van der Waals surface area (Å²) < 4.78 is 49.1. The monoisotopic (exact) mass is 532 g/mol. The molecule has 0 saturated heterocycles. The van der Waals surface area contributed by atoms with E-state index in [2.05, 4.69) is 4.98 Å². The van der Waals surface area contributed by atoms with Crippen molar-refractivity contribution in [1.82, 2.24) is 4.98 Å². The number of amides is 1. The van der Waals surface area contributed by atoms with Crippen LogP contribution in [0.5, 0.6) is 23.0 Å². The molecule has 0 aliphatic carbocycles. The number of nitrogens with zero attached hydrogens (tertiary/aromatic N) is 1. The molecule has 0 spiro atoms. The van der Waals surface area contributed by atoms with Crippen molar-refractivity contribution in [1.29, 1.82) is 0 Å². The van der Waals surface area contributed by atoms with E-state index in [1.165, 1.54) is 57.9 Å². The van der Waals surface area contributed by atoms with Gasteiger partial charge in [0.15, 0.2) is 40.3 Å². The zero-order chi connectivity index (χ0) is 28.4. The maximum atomic E-state index is 14.2. The van der Waals surface area contributed by atoms with Gasteiger partial charge in [-0.1, -0.05) is 31.2 Å². The number of halogens is 2. The minimum Gasteiger partial charge on any atom is -0.503 e. The molecule has 3 rings (SSSR count). The van der Waals surface area contributed by atoms with Crippen molar-refractivity contribution in [3.05, 3.63) is 77.1 Å². The SMILES string of the molecule is CCC(=O)OC(C)C(c1cccc(F)c1OC)c1cccc(F)c1OC.COc1ccnc(C(N)=O)c1O. The number of methoxy groups -OCH3 is 3. The molecule has 0 bridgehead atoms. The Kier molecular flexibility index (Phi) is 10.8. The van der Waals surface area contributed by atoms with Crippen LogP contribution in [-0.4, -0.2) is 49.4 Å². The molecular weight excluding hydrogens is 502 g/mol. The van der Waals surface area contributed by atoms with E-state index in [1.54, 1.807) is 26.0 Å². The lowest BCUT2D eigenvalue weighted by molar-refractivity contribution is -0.148. The van der Waals surface area contributed by atoms with Crippen molar-refractivity contribution in [2.45, 2.75) is 32.3 Å². The molecule has 2 aromatic carbocycles. The third kappa shape index (κ3) is 6.87. The lowest BCUT2D eigenvalue weighted by Crippen LogP contribution is -2.24. The number of carbonyl (C=O) groups is 2. The number of primary amides is 1. The van der Waals surface area contributed by atoms with Gasteiger partial charge in [0.2, 0.25) is 0 Å². The Bertz CT molecular complexity index is 1220. The van der Waals surface area contributed by atoms with Gasteiger partial charge in [0.05, 0.1) is 27.2 Å². The number of aromatic hydroxyl groups is 1. The summed E-state index contributed by atoms with van der Waals surface area (Å²) in [5.41, 5.74) is 5.61. The van der Waals surface area contributed by atoms with Crippen LogP contribution in [0, 0.1) is 11.6 Å². The number of para-hydroxylation sites is 2. The van der Waals surface area contributed by atoms with E-state index in [1.807, 2.05) is 0 Å². The molecule has 3 N–H and O–H groups in total. The highest BCUT2D eigenvalue weighted by Crippen LogP contribution is 2.41. The summed E-state index contributed by atoms with van der Waals surface area (Å²) in [5.74, 6) is -3.10. The van der Waals surface area contributed by atoms with Crippen molar-refractivity contribution < 1.29 is 42.4 Å². The van der Waals surface area contributed by atoms with Gasteiger partial charge in [-0.3, -0.25) is 9.59 Å². The van der Waals surface area contributed by atoms with Crippen molar-refractivity contribution in [2.24, 2.45) is 5.73 Å². The number of aromatic nitrogens is 1. The van der Waals surface area contributed by atoms with Crippen LogP contribution >= 0.6 is 0 Å². The Morgan fingerprint density at radius 3 is 1.89 bits per heavy atom. The molecule has 9 nitrogen and oxygen atoms in total. The third-order valence-electron chi connectivity index (χ3n) is 5.49. The van der Waals surface area contributed by atoms with Gasteiger partial charge in [-0.25, -0.2) is 13.8 Å². The minimum absolute atomic E-state index is 0.0169. The fourth-order valence-electron chi connectivity index (χ4n) is 3.78. The summed E-state index contributed by atoms with van der Waals surface area (Å²) in [6, 6.07) is 10.3. The zero-order valence-electron chi connectivity index (χ0n) is 21.7. The minimum atomic E-state index is -0.786. The summed E-state index contributed by atoms with van der Waals surface area (Å²) in [7, 11) is 4.08. The predicted molar refractivity (Wildman–Crippen MR) is 135 cm³/mol. The second-order valence-corrected chi connectivity index (χ2v) is 7.83. The first-order valence-corrected chi connectivity index (χ1v) is 11.5. The first kappa shape index (κ1) is 29.8. The average molecular weight is 533 g/mol. The molecule has 0 saturated carbocycles. The van der Waals surface area contributed by atoms with Crippen LogP contribution in [0.4, 0.5) is 8.78 Å². The van der Waals surface area contributed by atoms with Crippen molar-refractivity contribution in [2.75, 3.05) is 21.3 Å². The summed E-state index contributed by atoms with van der Waals surface area (Å²) in [5, 5.41) is 9.27. The molecule has 0 radical (unpaired) electrons. The maximum Gasteiger partial charge on any atom is 0.305 e. The van der Waals surface area contributed by atoms with E-state index in [9.17, 15) is 23.5 Å². The molecule has 1 unspecified atom stereocenters. The van der Waals surface area contributed by atoms with Gasteiger partial charge in [0.25, 0.3) is 5.91 Å². The van der Waals surface area contributed by atoms with Crippen LogP contribution in [0.2, 0.25) is 0 Å². The number of rotatable bonds is 9.